The van der Waals surface area contributed by atoms with Crippen LogP contribution in [0.2, 0.25) is 0 Å². The first kappa shape index (κ1) is 15.4. The lowest BCUT2D eigenvalue weighted by molar-refractivity contribution is 0.0525. The van der Waals surface area contributed by atoms with Gasteiger partial charge in [-0.15, -0.1) is 0 Å². The number of aliphatic hydroxyl groups excluding tert-OH is 1. The van der Waals surface area contributed by atoms with Gasteiger partial charge in [0.2, 0.25) is 0 Å². The highest BCUT2D eigenvalue weighted by Gasteiger charge is 2.11. The third-order valence-electron chi connectivity index (χ3n) is 2.49. The molecule has 0 amide bonds. The molecule has 19 heavy (non-hydrogen) atoms. The second-order valence-electron chi connectivity index (χ2n) is 4.12. The molecule has 0 saturated heterocycles. The van der Waals surface area contributed by atoms with Crippen molar-refractivity contribution in [2.45, 2.75) is 13.0 Å². The van der Waals surface area contributed by atoms with Gasteiger partial charge in [-0.25, -0.2) is 9.78 Å². The highest BCUT2D eigenvalue weighted by Crippen LogP contribution is 2.11. The van der Waals surface area contributed by atoms with Gasteiger partial charge in [0.15, 0.2) is 0 Å². The van der Waals surface area contributed by atoms with Crippen LogP contribution in [0, 0.1) is 0 Å². The van der Waals surface area contributed by atoms with Gasteiger partial charge in [0.25, 0.3) is 0 Å². The average molecular weight is 268 g/mol. The van der Waals surface area contributed by atoms with Crippen LogP contribution in [-0.4, -0.2) is 56.1 Å². The molecule has 6 heteroatoms. The molecule has 1 aromatic heterocycles. The number of carbonyl (C=O) groups excluding carboxylic acids is 1. The zero-order valence-electron chi connectivity index (χ0n) is 11.5. The second-order valence-corrected chi connectivity index (χ2v) is 4.12. The number of methoxy groups -OCH3 is 1. The Morgan fingerprint density at radius 2 is 2.26 bits per heavy atom. The van der Waals surface area contributed by atoms with E-state index in [0.717, 1.165) is 0 Å². The Balaban J connectivity index is 2.62. The first-order chi connectivity index (χ1) is 9.08. The summed E-state index contributed by atoms with van der Waals surface area (Å²) in [6.07, 6.45) is 0.883. The minimum atomic E-state index is -0.582. The molecule has 0 fully saturated rings. The van der Waals surface area contributed by atoms with E-state index < -0.39 is 6.10 Å². The maximum absolute atomic E-state index is 11.5. The van der Waals surface area contributed by atoms with Gasteiger partial charge in [-0.2, -0.15) is 0 Å². The highest BCUT2D eigenvalue weighted by atomic mass is 16.5. The Labute approximate surface area is 113 Å². The van der Waals surface area contributed by atoms with E-state index in [1.54, 1.807) is 24.0 Å². The number of carbonyl (C=O) groups is 1. The van der Waals surface area contributed by atoms with Crippen LogP contribution >= 0.6 is 0 Å². The number of anilines is 1. The van der Waals surface area contributed by atoms with Crippen LogP contribution in [0.15, 0.2) is 18.3 Å². The van der Waals surface area contributed by atoms with E-state index in [0.29, 0.717) is 24.5 Å². The Kier molecular flexibility index (Phi) is 6.24. The van der Waals surface area contributed by atoms with Crippen molar-refractivity contribution in [3.05, 3.63) is 23.9 Å². The Bertz CT molecular complexity index is 394. The lowest BCUT2D eigenvalue weighted by Crippen LogP contribution is -2.32. The van der Waals surface area contributed by atoms with Gasteiger partial charge in [0.1, 0.15) is 5.82 Å². The highest BCUT2D eigenvalue weighted by molar-refractivity contribution is 5.89. The van der Waals surface area contributed by atoms with Crippen molar-refractivity contribution in [2.75, 3.05) is 38.8 Å². The van der Waals surface area contributed by atoms with Crippen LogP contribution in [0.25, 0.3) is 0 Å². The van der Waals surface area contributed by atoms with Crippen molar-refractivity contribution in [2.24, 2.45) is 0 Å². The molecule has 1 rings (SSSR count). The maximum atomic E-state index is 11.5. The second kappa shape index (κ2) is 7.70. The standard InChI is InChI=1S/C13H20N2O4/c1-4-19-13(17)10-5-6-12(14-7-10)15(2)8-11(16)9-18-3/h5-7,11,16H,4,8-9H2,1-3H3. The maximum Gasteiger partial charge on any atom is 0.339 e. The number of aromatic nitrogens is 1. The monoisotopic (exact) mass is 268 g/mol. The largest absolute Gasteiger partial charge is 0.462 e. The smallest absolute Gasteiger partial charge is 0.339 e. The molecular weight excluding hydrogens is 248 g/mol. The molecule has 1 N–H and O–H groups in total. The minimum absolute atomic E-state index is 0.269. The molecule has 1 heterocycles. The number of likely N-dealkylation sites (N-methyl/N-ethyl adjacent to an activating group) is 1. The molecular formula is C13H20N2O4. The molecule has 0 aliphatic rings. The third-order valence-corrected chi connectivity index (χ3v) is 2.49. The van der Waals surface area contributed by atoms with E-state index in [1.807, 2.05) is 7.05 Å². The van der Waals surface area contributed by atoms with E-state index in [4.69, 9.17) is 9.47 Å². The normalized spacial score (nSPS) is 12.0. The van der Waals surface area contributed by atoms with Crippen molar-refractivity contribution in [1.82, 2.24) is 4.98 Å². The minimum Gasteiger partial charge on any atom is -0.462 e. The van der Waals surface area contributed by atoms with E-state index >= 15 is 0 Å². The van der Waals surface area contributed by atoms with Crippen LogP contribution in [0.1, 0.15) is 17.3 Å². The van der Waals surface area contributed by atoms with Gasteiger partial charge >= 0.3 is 5.97 Å². The molecule has 0 bridgehead atoms. The zero-order chi connectivity index (χ0) is 14.3. The van der Waals surface area contributed by atoms with Crippen LogP contribution in [0.3, 0.4) is 0 Å². The van der Waals surface area contributed by atoms with Crippen molar-refractivity contribution < 1.29 is 19.4 Å². The van der Waals surface area contributed by atoms with Crippen LogP contribution in [0.5, 0.6) is 0 Å². The predicted molar refractivity (Wildman–Crippen MR) is 71.3 cm³/mol. The summed E-state index contributed by atoms with van der Waals surface area (Å²) in [7, 11) is 3.35. The van der Waals surface area contributed by atoms with E-state index in [-0.39, 0.29) is 12.6 Å². The molecule has 0 radical (unpaired) electrons. The number of ether oxygens (including phenoxy) is 2. The topological polar surface area (TPSA) is 71.9 Å². The molecule has 0 aliphatic carbocycles. The van der Waals surface area contributed by atoms with Gasteiger partial charge in [-0.3, -0.25) is 0 Å². The molecule has 0 saturated carbocycles. The van der Waals surface area contributed by atoms with Gasteiger partial charge < -0.3 is 19.5 Å². The Hall–Kier alpha value is -1.66. The van der Waals surface area contributed by atoms with E-state index in [2.05, 4.69) is 4.98 Å². The fraction of sp³-hybridized carbons (Fsp3) is 0.538. The number of rotatable bonds is 7. The summed E-state index contributed by atoms with van der Waals surface area (Å²) in [5.74, 6) is 0.284. The fourth-order valence-electron chi connectivity index (χ4n) is 1.60. The number of hydrogen-bond donors (Lipinski definition) is 1. The molecule has 1 unspecified atom stereocenters. The molecule has 0 aromatic carbocycles. The lowest BCUT2D eigenvalue weighted by Gasteiger charge is -2.21. The summed E-state index contributed by atoms with van der Waals surface area (Å²) in [6.45, 7) is 2.76. The predicted octanol–water partition coefficient (Wildman–Crippen LogP) is 0.702. The number of esters is 1. The number of aliphatic hydroxyl groups is 1. The summed E-state index contributed by atoms with van der Waals surface area (Å²) < 4.78 is 9.74. The number of hydrogen-bond acceptors (Lipinski definition) is 6. The third kappa shape index (κ3) is 4.84. The Morgan fingerprint density at radius 3 is 2.79 bits per heavy atom. The molecule has 0 spiro atoms. The van der Waals surface area contributed by atoms with Crippen molar-refractivity contribution in [3.63, 3.8) is 0 Å². The summed E-state index contributed by atoms with van der Waals surface area (Å²) in [4.78, 5) is 17.4. The van der Waals surface area contributed by atoms with Gasteiger partial charge in [0.05, 0.1) is 24.9 Å². The first-order valence-corrected chi connectivity index (χ1v) is 6.09. The van der Waals surface area contributed by atoms with Crippen LogP contribution in [0.4, 0.5) is 5.82 Å². The SMILES string of the molecule is CCOC(=O)c1ccc(N(C)CC(O)COC)nc1. The van der Waals surface area contributed by atoms with Gasteiger partial charge in [-0.1, -0.05) is 0 Å². The van der Waals surface area contributed by atoms with Crippen LogP contribution < -0.4 is 4.90 Å². The number of pyridine rings is 1. The van der Waals surface area contributed by atoms with Crippen molar-refractivity contribution in [1.29, 1.82) is 0 Å². The summed E-state index contributed by atoms with van der Waals surface area (Å²) >= 11 is 0. The Morgan fingerprint density at radius 1 is 1.53 bits per heavy atom. The molecule has 1 atom stereocenters. The number of nitrogens with zero attached hydrogens (tertiary/aromatic N) is 2. The van der Waals surface area contributed by atoms with E-state index in [9.17, 15) is 9.90 Å². The first-order valence-electron chi connectivity index (χ1n) is 6.09. The summed E-state index contributed by atoms with van der Waals surface area (Å²) in [6, 6.07) is 3.37. The quantitative estimate of drug-likeness (QED) is 0.734. The van der Waals surface area contributed by atoms with Gasteiger partial charge in [0, 0.05) is 26.9 Å². The van der Waals surface area contributed by atoms with Crippen molar-refractivity contribution in [3.8, 4) is 0 Å². The average Bonchev–Trinajstić information content (AvgIpc) is 2.39. The molecule has 1 aromatic rings. The summed E-state index contributed by atoms with van der Waals surface area (Å²) in [5, 5.41) is 9.63. The van der Waals surface area contributed by atoms with Gasteiger partial charge in [-0.05, 0) is 19.1 Å². The lowest BCUT2D eigenvalue weighted by atomic mass is 10.2. The molecule has 106 valence electrons. The molecule has 0 aliphatic heterocycles. The van der Waals surface area contributed by atoms with Crippen LogP contribution in [-0.2, 0) is 9.47 Å². The fourth-order valence-corrected chi connectivity index (χ4v) is 1.60. The summed E-state index contributed by atoms with van der Waals surface area (Å²) in [5.41, 5.74) is 0.413. The van der Waals surface area contributed by atoms with Crippen molar-refractivity contribution >= 4 is 11.8 Å². The molecule has 6 nitrogen and oxygen atoms in total. The zero-order valence-corrected chi connectivity index (χ0v) is 11.5. The van der Waals surface area contributed by atoms with E-state index in [1.165, 1.54) is 13.3 Å².